The summed E-state index contributed by atoms with van der Waals surface area (Å²) in [6.45, 7) is 11.1. The summed E-state index contributed by atoms with van der Waals surface area (Å²) in [5.74, 6) is 0. The van der Waals surface area contributed by atoms with E-state index in [2.05, 4.69) is 18.7 Å². The lowest BCUT2D eigenvalue weighted by Gasteiger charge is -2.10. The Morgan fingerprint density at radius 3 is 1.38 bits per heavy atom. The van der Waals surface area contributed by atoms with E-state index in [4.69, 9.17) is 15.0 Å². The van der Waals surface area contributed by atoms with Gasteiger partial charge in [-0.05, 0) is 33.6 Å². The zero-order valence-electron chi connectivity index (χ0n) is 11.4. The van der Waals surface area contributed by atoms with Crippen LogP contribution in [0.25, 0.3) is 0 Å². The van der Waals surface area contributed by atoms with Crippen molar-refractivity contribution in [2.24, 2.45) is 0 Å². The van der Waals surface area contributed by atoms with Gasteiger partial charge in [0.05, 0.1) is 18.8 Å². The fraction of sp³-hybridized carbons (Fsp3) is 1.00. The van der Waals surface area contributed by atoms with E-state index in [9.17, 15) is 0 Å². The third kappa shape index (κ3) is 23.6. The number of hydrogen-bond donors (Lipinski definition) is 1. The summed E-state index contributed by atoms with van der Waals surface area (Å²) in [6.07, 6.45) is 4.51. The van der Waals surface area contributed by atoms with Crippen molar-refractivity contribution in [1.29, 1.82) is 0 Å². The molecule has 0 unspecified atom stereocenters. The summed E-state index contributed by atoms with van der Waals surface area (Å²) in [7, 11) is 0. The predicted octanol–water partition coefficient (Wildman–Crippen LogP) is 3.81. The molecule has 0 heterocycles. The molecule has 100 valence electrons. The predicted molar refractivity (Wildman–Crippen MR) is 65.2 cm³/mol. The van der Waals surface area contributed by atoms with Crippen LogP contribution in [0.4, 0.5) is 0 Å². The normalized spacial score (nSPS) is 10.9. The molecule has 0 radical (unpaired) electrons. The van der Waals surface area contributed by atoms with E-state index in [1.54, 1.807) is 20.8 Å². The van der Waals surface area contributed by atoms with E-state index in [-0.39, 0.29) is 0 Å². The first-order valence-electron chi connectivity index (χ1n) is 6.04. The molecule has 0 aromatic rings. The van der Waals surface area contributed by atoms with Crippen molar-refractivity contribution in [1.82, 2.24) is 0 Å². The van der Waals surface area contributed by atoms with Crippen LogP contribution in [0.5, 0.6) is 0 Å². The first-order valence-corrected chi connectivity index (χ1v) is 6.04. The minimum Gasteiger partial charge on any atom is -0.251 e. The maximum absolute atomic E-state index is 7.90. The molecule has 0 rings (SSSR count). The highest BCUT2D eigenvalue weighted by Crippen LogP contribution is 2.01. The van der Waals surface area contributed by atoms with Gasteiger partial charge in [-0.3, -0.25) is 5.26 Å². The molecule has 0 aliphatic carbocycles. The molecule has 16 heavy (non-hydrogen) atoms. The Labute approximate surface area is 99.8 Å². The minimum absolute atomic E-state index is 0.403. The first-order chi connectivity index (χ1) is 7.47. The average molecular weight is 236 g/mol. The quantitative estimate of drug-likeness (QED) is 0.415. The van der Waals surface area contributed by atoms with E-state index < -0.39 is 5.60 Å². The summed E-state index contributed by atoms with van der Waals surface area (Å²) in [6, 6.07) is 0. The Hall–Kier alpha value is -0.160. The standard InChI is InChI=1S/C8H18O2.C4H10O2/c1-3-5-7-9-10-8-6-4-2;1-4(2,3)6-5/h3-8H2,1-2H3;5H,1-3H3. The minimum atomic E-state index is -0.403. The molecule has 0 aliphatic rings. The van der Waals surface area contributed by atoms with Crippen LogP contribution in [0.15, 0.2) is 0 Å². The number of hydrogen-bond acceptors (Lipinski definition) is 4. The van der Waals surface area contributed by atoms with E-state index >= 15 is 0 Å². The van der Waals surface area contributed by atoms with Gasteiger partial charge in [-0.1, -0.05) is 26.7 Å². The smallest absolute Gasteiger partial charge is 0.0949 e. The van der Waals surface area contributed by atoms with E-state index in [1.807, 2.05) is 0 Å². The molecule has 0 spiro atoms. The van der Waals surface area contributed by atoms with Gasteiger partial charge < -0.3 is 0 Å². The van der Waals surface area contributed by atoms with E-state index in [1.165, 1.54) is 0 Å². The fourth-order valence-electron chi connectivity index (χ4n) is 0.524. The van der Waals surface area contributed by atoms with Gasteiger partial charge in [0.2, 0.25) is 0 Å². The van der Waals surface area contributed by atoms with E-state index in [0.717, 1.165) is 38.9 Å². The topological polar surface area (TPSA) is 47.9 Å². The maximum atomic E-state index is 7.90. The molecule has 0 fully saturated rings. The second kappa shape index (κ2) is 12.9. The first kappa shape index (κ1) is 18.2. The SMILES string of the molecule is CC(C)(C)OO.CCCCOOCCCC. The van der Waals surface area contributed by atoms with Gasteiger partial charge in [-0.25, -0.2) is 14.7 Å². The maximum Gasteiger partial charge on any atom is 0.0949 e. The number of rotatable bonds is 7. The van der Waals surface area contributed by atoms with Crippen LogP contribution in [0.2, 0.25) is 0 Å². The van der Waals surface area contributed by atoms with Crippen molar-refractivity contribution in [2.45, 2.75) is 65.9 Å². The lowest BCUT2D eigenvalue weighted by molar-refractivity contribution is -0.306. The molecule has 4 nitrogen and oxygen atoms in total. The molecule has 0 amide bonds. The van der Waals surface area contributed by atoms with Crippen molar-refractivity contribution in [3.63, 3.8) is 0 Å². The van der Waals surface area contributed by atoms with Gasteiger partial charge >= 0.3 is 0 Å². The Morgan fingerprint density at radius 1 is 0.875 bits per heavy atom. The van der Waals surface area contributed by atoms with Gasteiger partial charge in [0.25, 0.3) is 0 Å². The van der Waals surface area contributed by atoms with Crippen molar-refractivity contribution in [2.75, 3.05) is 13.2 Å². The van der Waals surface area contributed by atoms with Crippen molar-refractivity contribution >= 4 is 0 Å². The number of unbranched alkanes of at least 4 members (excludes halogenated alkanes) is 2. The molecule has 0 bridgehead atoms. The average Bonchev–Trinajstić information content (AvgIpc) is 2.23. The van der Waals surface area contributed by atoms with Crippen LogP contribution in [-0.4, -0.2) is 24.1 Å². The van der Waals surface area contributed by atoms with E-state index in [0.29, 0.717) is 0 Å². The van der Waals surface area contributed by atoms with Crippen LogP contribution in [0.1, 0.15) is 60.3 Å². The second-order valence-corrected chi connectivity index (χ2v) is 4.55. The van der Waals surface area contributed by atoms with Crippen molar-refractivity contribution in [3.8, 4) is 0 Å². The summed E-state index contributed by atoms with van der Waals surface area (Å²) < 4.78 is 0. The van der Waals surface area contributed by atoms with Gasteiger partial charge in [-0.2, -0.15) is 0 Å². The lowest BCUT2D eigenvalue weighted by atomic mass is 10.2. The molecule has 0 aliphatic heterocycles. The monoisotopic (exact) mass is 236 g/mol. The summed E-state index contributed by atoms with van der Waals surface area (Å²) in [4.78, 5) is 13.7. The van der Waals surface area contributed by atoms with Crippen LogP contribution >= 0.6 is 0 Å². The van der Waals surface area contributed by atoms with Crippen LogP contribution in [0, 0.1) is 0 Å². The third-order valence-electron chi connectivity index (χ3n) is 1.52. The summed E-state index contributed by atoms with van der Waals surface area (Å²) in [5, 5.41) is 7.90. The fourth-order valence-corrected chi connectivity index (χ4v) is 0.524. The molecule has 0 atom stereocenters. The van der Waals surface area contributed by atoms with Crippen molar-refractivity contribution in [3.05, 3.63) is 0 Å². The van der Waals surface area contributed by atoms with Gasteiger partial charge in [-0.15, -0.1) is 0 Å². The Balaban J connectivity index is 0. The Morgan fingerprint density at radius 2 is 1.19 bits per heavy atom. The molecule has 0 saturated carbocycles. The Bertz CT molecular complexity index is 113. The molecule has 0 aromatic heterocycles. The summed E-state index contributed by atoms with van der Waals surface area (Å²) in [5.41, 5.74) is -0.403. The molecular weight excluding hydrogens is 208 g/mol. The lowest BCUT2D eigenvalue weighted by Crippen LogP contribution is -2.15. The largest absolute Gasteiger partial charge is 0.251 e. The Kier molecular flexibility index (Phi) is 14.7. The molecule has 0 saturated heterocycles. The van der Waals surface area contributed by atoms with Gasteiger partial charge in [0.1, 0.15) is 0 Å². The van der Waals surface area contributed by atoms with Crippen molar-refractivity contribution < 1.29 is 19.9 Å². The molecule has 0 aromatic carbocycles. The van der Waals surface area contributed by atoms with Gasteiger partial charge in [0.15, 0.2) is 0 Å². The zero-order chi connectivity index (χ0) is 12.9. The highest BCUT2D eigenvalue weighted by Gasteiger charge is 2.06. The van der Waals surface area contributed by atoms with Crippen LogP contribution in [-0.2, 0) is 14.7 Å². The van der Waals surface area contributed by atoms with Crippen LogP contribution in [0.3, 0.4) is 0 Å². The third-order valence-corrected chi connectivity index (χ3v) is 1.52. The zero-order valence-corrected chi connectivity index (χ0v) is 11.4. The van der Waals surface area contributed by atoms with Gasteiger partial charge in [0, 0.05) is 0 Å². The highest BCUT2D eigenvalue weighted by molar-refractivity contribution is 4.53. The molecule has 1 N–H and O–H groups in total. The molecular formula is C12H28O4. The van der Waals surface area contributed by atoms with Crippen LogP contribution < -0.4 is 0 Å². The summed E-state index contributed by atoms with van der Waals surface area (Å²) >= 11 is 0. The molecule has 4 heteroatoms. The second-order valence-electron chi connectivity index (χ2n) is 4.55. The highest BCUT2D eigenvalue weighted by atomic mass is 17.2.